The lowest BCUT2D eigenvalue weighted by atomic mass is 10.3. The van der Waals surface area contributed by atoms with Crippen LogP contribution in [0.5, 0.6) is 5.75 Å². The van der Waals surface area contributed by atoms with E-state index in [4.69, 9.17) is 4.74 Å². The molecule has 2 rings (SSSR count). The Morgan fingerprint density at radius 3 is 2.81 bits per heavy atom. The van der Waals surface area contributed by atoms with Gasteiger partial charge in [0.1, 0.15) is 11.6 Å². The van der Waals surface area contributed by atoms with Gasteiger partial charge >= 0.3 is 0 Å². The van der Waals surface area contributed by atoms with Crippen LogP contribution in [0.15, 0.2) is 42.7 Å². The zero-order chi connectivity index (χ0) is 11.2. The SMILES string of the molecule is SC(CCOc1ccccc1)c1ncc[nH]1. The third-order valence-electron chi connectivity index (χ3n) is 2.24. The van der Waals surface area contributed by atoms with E-state index in [-0.39, 0.29) is 5.25 Å². The zero-order valence-corrected chi connectivity index (χ0v) is 9.73. The van der Waals surface area contributed by atoms with Crippen LogP contribution in [0, 0.1) is 0 Å². The fourth-order valence-corrected chi connectivity index (χ4v) is 1.65. The van der Waals surface area contributed by atoms with Crippen LogP contribution in [0.1, 0.15) is 17.5 Å². The number of ether oxygens (including phenoxy) is 1. The van der Waals surface area contributed by atoms with E-state index in [1.807, 2.05) is 30.3 Å². The first-order valence-electron chi connectivity index (χ1n) is 5.21. The molecular weight excluding hydrogens is 220 g/mol. The molecule has 0 radical (unpaired) electrons. The molecule has 0 saturated heterocycles. The second-order valence-electron chi connectivity index (χ2n) is 3.44. The Morgan fingerprint density at radius 2 is 2.12 bits per heavy atom. The summed E-state index contributed by atoms with van der Waals surface area (Å²) in [7, 11) is 0. The Kier molecular flexibility index (Phi) is 3.88. The third kappa shape index (κ3) is 3.03. The lowest BCUT2D eigenvalue weighted by Gasteiger charge is -2.09. The number of hydrogen-bond acceptors (Lipinski definition) is 3. The van der Waals surface area contributed by atoms with Crippen LogP contribution in [-0.2, 0) is 0 Å². The molecule has 0 aliphatic heterocycles. The second kappa shape index (κ2) is 5.61. The highest BCUT2D eigenvalue weighted by molar-refractivity contribution is 7.80. The molecule has 1 heterocycles. The summed E-state index contributed by atoms with van der Waals surface area (Å²) in [5.74, 6) is 1.78. The number of benzene rings is 1. The highest BCUT2D eigenvalue weighted by Crippen LogP contribution is 2.20. The van der Waals surface area contributed by atoms with Crippen molar-refractivity contribution >= 4 is 12.6 Å². The van der Waals surface area contributed by atoms with E-state index in [0.717, 1.165) is 18.0 Å². The minimum atomic E-state index is 0.0960. The quantitative estimate of drug-likeness (QED) is 0.781. The molecule has 0 spiro atoms. The van der Waals surface area contributed by atoms with E-state index in [1.165, 1.54) is 0 Å². The van der Waals surface area contributed by atoms with E-state index in [1.54, 1.807) is 12.4 Å². The molecular formula is C12H14N2OS. The first-order valence-corrected chi connectivity index (χ1v) is 5.73. The van der Waals surface area contributed by atoms with Crippen molar-refractivity contribution in [2.75, 3.05) is 6.61 Å². The molecule has 0 saturated carbocycles. The highest BCUT2D eigenvalue weighted by atomic mass is 32.1. The first-order chi connectivity index (χ1) is 7.86. The van der Waals surface area contributed by atoms with Gasteiger partial charge in [-0.25, -0.2) is 4.98 Å². The lowest BCUT2D eigenvalue weighted by molar-refractivity contribution is 0.309. The number of H-pyrrole nitrogens is 1. The number of imidazole rings is 1. The van der Waals surface area contributed by atoms with Gasteiger partial charge in [0.2, 0.25) is 0 Å². The summed E-state index contributed by atoms with van der Waals surface area (Å²) in [4.78, 5) is 7.20. The molecule has 0 aliphatic carbocycles. The smallest absolute Gasteiger partial charge is 0.119 e. The standard InChI is InChI=1S/C12H14N2OS/c16-11(12-13-7-8-14-12)6-9-15-10-4-2-1-3-5-10/h1-5,7-8,11,16H,6,9H2,(H,13,14). The predicted octanol–water partition coefficient (Wildman–Crippen LogP) is 2.85. The molecule has 4 heteroatoms. The summed E-state index contributed by atoms with van der Waals surface area (Å²) < 4.78 is 5.58. The Balaban J connectivity index is 1.76. The van der Waals surface area contributed by atoms with Crippen LogP contribution in [0.2, 0.25) is 0 Å². The zero-order valence-electron chi connectivity index (χ0n) is 8.84. The van der Waals surface area contributed by atoms with Crippen molar-refractivity contribution in [3.8, 4) is 5.75 Å². The van der Waals surface area contributed by atoms with Crippen molar-refractivity contribution < 1.29 is 4.74 Å². The number of nitrogens with zero attached hydrogens (tertiary/aromatic N) is 1. The summed E-state index contributed by atoms with van der Waals surface area (Å²) in [6.45, 7) is 0.638. The van der Waals surface area contributed by atoms with Crippen LogP contribution in [-0.4, -0.2) is 16.6 Å². The monoisotopic (exact) mass is 234 g/mol. The van der Waals surface area contributed by atoms with Gasteiger partial charge in [-0.2, -0.15) is 12.6 Å². The van der Waals surface area contributed by atoms with Gasteiger partial charge in [-0.15, -0.1) is 0 Å². The number of aromatic amines is 1. The molecule has 1 aromatic heterocycles. The highest BCUT2D eigenvalue weighted by Gasteiger charge is 2.08. The summed E-state index contributed by atoms with van der Waals surface area (Å²) in [6, 6.07) is 9.78. The topological polar surface area (TPSA) is 37.9 Å². The Morgan fingerprint density at radius 1 is 1.31 bits per heavy atom. The Labute approximate surface area is 100 Å². The van der Waals surface area contributed by atoms with Crippen LogP contribution < -0.4 is 4.74 Å². The maximum absolute atomic E-state index is 5.58. The van der Waals surface area contributed by atoms with E-state index in [0.29, 0.717) is 6.61 Å². The van der Waals surface area contributed by atoms with E-state index < -0.39 is 0 Å². The fourth-order valence-electron chi connectivity index (χ4n) is 1.40. The number of nitrogens with one attached hydrogen (secondary N) is 1. The van der Waals surface area contributed by atoms with Gasteiger partial charge in [-0.05, 0) is 12.1 Å². The number of hydrogen-bond donors (Lipinski definition) is 2. The molecule has 1 N–H and O–H groups in total. The number of aromatic nitrogens is 2. The van der Waals surface area contributed by atoms with Crippen molar-refractivity contribution in [1.82, 2.24) is 9.97 Å². The predicted molar refractivity (Wildman–Crippen MR) is 66.9 cm³/mol. The summed E-state index contributed by atoms with van der Waals surface area (Å²) >= 11 is 4.46. The van der Waals surface area contributed by atoms with Crippen molar-refractivity contribution in [3.05, 3.63) is 48.5 Å². The van der Waals surface area contributed by atoms with E-state index in [9.17, 15) is 0 Å². The minimum absolute atomic E-state index is 0.0960. The first kappa shape index (κ1) is 11.1. The van der Waals surface area contributed by atoms with Gasteiger partial charge in [-0.1, -0.05) is 18.2 Å². The molecule has 0 bridgehead atoms. The summed E-state index contributed by atoms with van der Waals surface area (Å²) in [5, 5.41) is 0.0960. The fraction of sp³-hybridized carbons (Fsp3) is 0.250. The van der Waals surface area contributed by atoms with Crippen LogP contribution in [0.25, 0.3) is 0 Å². The van der Waals surface area contributed by atoms with Gasteiger partial charge in [0.15, 0.2) is 0 Å². The molecule has 0 aliphatic rings. The minimum Gasteiger partial charge on any atom is -0.494 e. The van der Waals surface area contributed by atoms with Crippen molar-refractivity contribution in [2.24, 2.45) is 0 Å². The third-order valence-corrected chi connectivity index (χ3v) is 2.74. The van der Waals surface area contributed by atoms with Gasteiger partial charge in [0.05, 0.1) is 11.9 Å². The van der Waals surface area contributed by atoms with Crippen LogP contribution in [0.4, 0.5) is 0 Å². The second-order valence-corrected chi connectivity index (χ2v) is 4.06. The normalized spacial score (nSPS) is 12.3. The largest absolute Gasteiger partial charge is 0.494 e. The van der Waals surface area contributed by atoms with Crippen molar-refractivity contribution in [2.45, 2.75) is 11.7 Å². The molecule has 2 aromatic rings. The molecule has 1 atom stereocenters. The van der Waals surface area contributed by atoms with E-state index in [2.05, 4.69) is 22.6 Å². The maximum atomic E-state index is 5.58. The number of thiol groups is 1. The van der Waals surface area contributed by atoms with Gasteiger partial charge in [0.25, 0.3) is 0 Å². The molecule has 1 aromatic carbocycles. The molecule has 1 unspecified atom stereocenters. The van der Waals surface area contributed by atoms with E-state index >= 15 is 0 Å². The number of rotatable bonds is 5. The lowest BCUT2D eigenvalue weighted by Crippen LogP contribution is -2.02. The van der Waals surface area contributed by atoms with Crippen molar-refractivity contribution in [3.63, 3.8) is 0 Å². The number of para-hydroxylation sites is 1. The maximum Gasteiger partial charge on any atom is 0.119 e. The molecule has 16 heavy (non-hydrogen) atoms. The molecule has 84 valence electrons. The average molecular weight is 234 g/mol. The molecule has 0 amide bonds. The summed E-state index contributed by atoms with van der Waals surface area (Å²) in [6.07, 6.45) is 4.36. The van der Waals surface area contributed by atoms with Gasteiger partial charge in [-0.3, -0.25) is 0 Å². The van der Waals surface area contributed by atoms with Crippen molar-refractivity contribution in [1.29, 1.82) is 0 Å². The molecule has 0 fully saturated rings. The van der Waals surface area contributed by atoms with Crippen LogP contribution in [0.3, 0.4) is 0 Å². The van der Waals surface area contributed by atoms with Gasteiger partial charge in [0, 0.05) is 18.8 Å². The summed E-state index contributed by atoms with van der Waals surface area (Å²) in [5.41, 5.74) is 0. The van der Waals surface area contributed by atoms with Gasteiger partial charge < -0.3 is 9.72 Å². The Hall–Kier alpha value is -1.42. The Bertz CT molecular complexity index is 402. The molecule has 3 nitrogen and oxygen atoms in total. The average Bonchev–Trinajstić information content (AvgIpc) is 2.84. The van der Waals surface area contributed by atoms with Crippen LogP contribution >= 0.6 is 12.6 Å².